The molecule has 4 heteroatoms. The molecule has 0 amide bonds. The highest BCUT2D eigenvalue weighted by molar-refractivity contribution is 5.81. The zero-order valence-electron chi connectivity index (χ0n) is 11.1. The molecule has 0 aliphatic carbocycles. The van der Waals surface area contributed by atoms with Gasteiger partial charge in [0.2, 0.25) is 0 Å². The van der Waals surface area contributed by atoms with Crippen LogP contribution in [0.5, 0.6) is 0 Å². The van der Waals surface area contributed by atoms with Crippen molar-refractivity contribution in [3.05, 3.63) is 48.3 Å². The maximum absolute atomic E-state index is 4.72. The fraction of sp³-hybridized carbons (Fsp3) is 0.200. The molecule has 0 saturated carbocycles. The predicted octanol–water partition coefficient (Wildman–Crippen LogP) is 2.35. The van der Waals surface area contributed by atoms with E-state index in [0.717, 1.165) is 29.0 Å². The molecule has 3 aromatic rings. The van der Waals surface area contributed by atoms with Crippen LogP contribution in [0.25, 0.3) is 22.4 Å². The van der Waals surface area contributed by atoms with Crippen molar-refractivity contribution in [2.24, 2.45) is 7.05 Å². The molecule has 1 aromatic carbocycles. The lowest BCUT2D eigenvalue weighted by Crippen LogP contribution is -2.04. The Kier molecular flexibility index (Phi) is 3.01. The summed E-state index contributed by atoms with van der Waals surface area (Å²) in [4.78, 5) is 8.88. The second-order valence-corrected chi connectivity index (χ2v) is 4.59. The molecule has 0 unspecified atom stereocenters. The minimum Gasteiger partial charge on any atom is -0.327 e. The molecule has 19 heavy (non-hydrogen) atoms. The molecular weight excluding hydrogens is 236 g/mol. The Labute approximate surface area is 112 Å². The Morgan fingerprint density at radius 2 is 2.16 bits per heavy atom. The molecule has 0 aliphatic heterocycles. The first-order chi connectivity index (χ1) is 9.29. The van der Waals surface area contributed by atoms with Crippen LogP contribution >= 0.6 is 0 Å². The third-order valence-corrected chi connectivity index (χ3v) is 3.25. The van der Waals surface area contributed by atoms with Crippen molar-refractivity contribution in [2.75, 3.05) is 7.05 Å². The molecule has 0 atom stereocenters. The lowest BCUT2D eigenvalue weighted by atomic mass is 10.2. The highest BCUT2D eigenvalue weighted by Gasteiger charge is 2.09. The number of nitrogens with one attached hydrogen (secondary N) is 1. The van der Waals surface area contributed by atoms with Gasteiger partial charge in [0.05, 0.1) is 11.0 Å². The molecule has 1 N–H and O–H groups in total. The summed E-state index contributed by atoms with van der Waals surface area (Å²) in [6.07, 6.45) is 3.62. The van der Waals surface area contributed by atoms with Crippen molar-refractivity contribution < 1.29 is 0 Å². The van der Waals surface area contributed by atoms with Gasteiger partial charge in [-0.25, -0.2) is 4.98 Å². The number of imidazole rings is 1. The van der Waals surface area contributed by atoms with Crippen molar-refractivity contribution in [3.8, 4) is 11.4 Å². The summed E-state index contributed by atoms with van der Waals surface area (Å²) < 4.78 is 2.11. The van der Waals surface area contributed by atoms with Gasteiger partial charge in [0.25, 0.3) is 0 Å². The summed E-state index contributed by atoms with van der Waals surface area (Å²) in [7, 11) is 3.99. The Morgan fingerprint density at radius 1 is 1.26 bits per heavy atom. The van der Waals surface area contributed by atoms with Crippen molar-refractivity contribution in [1.82, 2.24) is 19.9 Å². The Hall–Kier alpha value is -2.20. The van der Waals surface area contributed by atoms with Crippen molar-refractivity contribution >= 4 is 11.0 Å². The second kappa shape index (κ2) is 4.82. The van der Waals surface area contributed by atoms with Crippen molar-refractivity contribution in [1.29, 1.82) is 0 Å². The highest BCUT2D eigenvalue weighted by atomic mass is 15.1. The Balaban J connectivity index is 2.14. The van der Waals surface area contributed by atoms with Gasteiger partial charge in [-0.15, -0.1) is 0 Å². The molecule has 0 spiro atoms. The molecular formula is C15H16N4. The average Bonchev–Trinajstić information content (AvgIpc) is 2.77. The van der Waals surface area contributed by atoms with Gasteiger partial charge < -0.3 is 9.88 Å². The molecule has 4 nitrogen and oxygen atoms in total. The standard InChI is InChI=1S/C15H16N4/c1-16-9-11-5-6-14-13(8-11)18-15(19(14)2)12-4-3-7-17-10-12/h3-8,10,16H,9H2,1-2H3. The van der Waals surface area contributed by atoms with Gasteiger partial charge in [0.15, 0.2) is 0 Å². The minimum atomic E-state index is 0.856. The molecule has 0 bridgehead atoms. The van der Waals surface area contributed by atoms with E-state index in [0.29, 0.717) is 0 Å². The monoisotopic (exact) mass is 252 g/mol. The maximum atomic E-state index is 4.72. The lowest BCUT2D eigenvalue weighted by Gasteiger charge is -2.02. The lowest BCUT2D eigenvalue weighted by molar-refractivity contribution is 0.819. The van der Waals surface area contributed by atoms with Crippen LogP contribution in [-0.4, -0.2) is 21.6 Å². The number of rotatable bonds is 3. The molecule has 0 aliphatic rings. The summed E-state index contributed by atoms with van der Waals surface area (Å²) in [5, 5.41) is 3.16. The molecule has 2 aromatic heterocycles. The quantitative estimate of drug-likeness (QED) is 0.778. The number of hydrogen-bond acceptors (Lipinski definition) is 3. The first kappa shape index (κ1) is 11.9. The largest absolute Gasteiger partial charge is 0.327 e. The van der Waals surface area contributed by atoms with E-state index in [-0.39, 0.29) is 0 Å². The zero-order valence-corrected chi connectivity index (χ0v) is 11.1. The number of nitrogens with zero attached hydrogens (tertiary/aromatic N) is 3. The van der Waals surface area contributed by atoms with Gasteiger partial charge in [-0.05, 0) is 36.9 Å². The summed E-state index contributed by atoms with van der Waals surface area (Å²) in [6, 6.07) is 10.3. The van der Waals surface area contributed by atoms with Gasteiger partial charge in [-0.3, -0.25) is 4.98 Å². The van der Waals surface area contributed by atoms with Gasteiger partial charge in [0.1, 0.15) is 5.82 Å². The first-order valence-electron chi connectivity index (χ1n) is 6.30. The highest BCUT2D eigenvalue weighted by Crippen LogP contribution is 2.23. The molecule has 2 heterocycles. The van der Waals surface area contributed by atoms with E-state index in [1.807, 2.05) is 32.4 Å². The van der Waals surface area contributed by atoms with E-state index in [2.05, 4.69) is 33.1 Å². The molecule has 0 fully saturated rings. The van der Waals surface area contributed by atoms with Gasteiger partial charge in [-0.2, -0.15) is 0 Å². The predicted molar refractivity (Wildman–Crippen MR) is 76.7 cm³/mol. The van der Waals surface area contributed by atoms with Crippen LogP contribution in [0.2, 0.25) is 0 Å². The van der Waals surface area contributed by atoms with Crippen molar-refractivity contribution in [2.45, 2.75) is 6.54 Å². The third-order valence-electron chi connectivity index (χ3n) is 3.25. The van der Waals surface area contributed by atoms with E-state index < -0.39 is 0 Å². The fourth-order valence-electron chi connectivity index (χ4n) is 2.31. The van der Waals surface area contributed by atoms with E-state index in [4.69, 9.17) is 4.98 Å². The topological polar surface area (TPSA) is 42.7 Å². The average molecular weight is 252 g/mol. The Morgan fingerprint density at radius 3 is 2.89 bits per heavy atom. The number of aryl methyl sites for hydroxylation is 1. The summed E-state index contributed by atoms with van der Waals surface area (Å²) >= 11 is 0. The zero-order chi connectivity index (χ0) is 13.2. The van der Waals surface area contributed by atoms with Crippen molar-refractivity contribution in [3.63, 3.8) is 0 Å². The van der Waals surface area contributed by atoms with Crippen LogP contribution in [0.4, 0.5) is 0 Å². The van der Waals surface area contributed by atoms with Crippen LogP contribution in [0.1, 0.15) is 5.56 Å². The van der Waals surface area contributed by atoms with Crippen LogP contribution in [0.15, 0.2) is 42.7 Å². The van der Waals surface area contributed by atoms with Crippen LogP contribution in [0.3, 0.4) is 0 Å². The number of fused-ring (bicyclic) bond motifs is 1. The van der Waals surface area contributed by atoms with Gasteiger partial charge in [0, 0.05) is 31.5 Å². The molecule has 96 valence electrons. The Bertz CT molecular complexity index is 701. The molecule has 0 radical (unpaired) electrons. The number of aromatic nitrogens is 3. The summed E-state index contributed by atoms with van der Waals surface area (Å²) in [5.41, 5.74) is 4.44. The maximum Gasteiger partial charge on any atom is 0.142 e. The normalized spacial score (nSPS) is 11.1. The second-order valence-electron chi connectivity index (χ2n) is 4.59. The van der Waals surface area contributed by atoms with Crippen LogP contribution in [-0.2, 0) is 13.6 Å². The number of benzene rings is 1. The SMILES string of the molecule is CNCc1ccc2c(c1)nc(-c1cccnc1)n2C. The van der Waals surface area contributed by atoms with E-state index in [9.17, 15) is 0 Å². The summed E-state index contributed by atoms with van der Waals surface area (Å²) in [6.45, 7) is 0.856. The molecule has 3 rings (SSSR count). The number of hydrogen-bond donors (Lipinski definition) is 1. The van der Waals surface area contributed by atoms with Crippen LogP contribution < -0.4 is 5.32 Å². The van der Waals surface area contributed by atoms with Gasteiger partial charge in [-0.1, -0.05) is 6.07 Å². The summed E-state index contributed by atoms with van der Waals surface area (Å²) in [5.74, 6) is 0.949. The van der Waals surface area contributed by atoms with Gasteiger partial charge >= 0.3 is 0 Å². The van der Waals surface area contributed by atoms with E-state index in [1.165, 1.54) is 5.56 Å². The third kappa shape index (κ3) is 2.11. The van der Waals surface area contributed by atoms with E-state index in [1.54, 1.807) is 6.20 Å². The van der Waals surface area contributed by atoms with E-state index >= 15 is 0 Å². The van der Waals surface area contributed by atoms with Crippen LogP contribution in [0, 0.1) is 0 Å². The first-order valence-corrected chi connectivity index (χ1v) is 6.30. The molecule has 0 saturated heterocycles. The fourth-order valence-corrected chi connectivity index (χ4v) is 2.31. The minimum absolute atomic E-state index is 0.856. The number of pyridine rings is 1. The smallest absolute Gasteiger partial charge is 0.142 e.